The van der Waals surface area contributed by atoms with E-state index in [0.717, 1.165) is 31.2 Å². The van der Waals surface area contributed by atoms with Crippen LogP contribution in [0.25, 0.3) is 0 Å². The summed E-state index contributed by atoms with van der Waals surface area (Å²) < 4.78 is 5.62. The SMILES string of the molecule is CNC(=O)[C@H](Cc1ccncc1)NC(=O)[C@@H]1C[C@@H](C2CCCCC2)CN1C(=O)C[C@H](NC(=O)[C@@H](N)Cc1cnc[nH]1)c1ccccc1OC. The molecule has 262 valence electrons. The Bertz CT molecular complexity index is 1550. The molecule has 5 rings (SSSR count). The van der Waals surface area contributed by atoms with Crippen molar-refractivity contribution < 1.29 is 23.9 Å². The molecule has 1 saturated heterocycles. The number of methoxy groups -OCH3 is 1. The largest absolute Gasteiger partial charge is 0.496 e. The second kappa shape index (κ2) is 17.0. The Morgan fingerprint density at radius 1 is 0.980 bits per heavy atom. The van der Waals surface area contributed by atoms with E-state index in [0.29, 0.717) is 35.9 Å². The van der Waals surface area contributed by atoms with E-state index in [4.69, 9.17) is 10.5 Å². The molecule has 2 aromatic heterocycles. The number of carbonyl (C=O) groups is 4. The van der Waals surface area contributed by atoms with Crippen LogP contribution in [0.15, 0.2) is 61.3 Å². The summed E-state index contributed by atoms with van der Waals surface area (Å²) >= 11 is 0. The molecular weight excluding hydrogens is 624 g/mol. The second-order valence-corrected chi connectivity index (χ2v) is 13.1. The molecule has 2 fully saturated rings. The fourth-order valence-corrected chi connectivity index (χ4v) is 7.24. The lowest BCUT2D eigenvalue weighted by Crippen LogP contribution is -2.53. The lowest BCUT2D eigenvalue weighted by molar-refractivity contribution is -0.140. The van der Waals surface area contributed by atoms with E-state index in [1.54, 1.807) is 41.7 Å². The fraction of sp³-hybridized carbons (Fsp3) is 0.500. The maximum Gasteiger partial charge on any atom is 0.243 e. The lowest BCUT2D eigenvalue weighted by Gasteiger charge is -2.29. The molecule has 6 N–H and O–H groups in total. The summed E-state index contributed by atoms with van der Waals surface area (Å²) in [5, 5.41) is 8.60. The molecule has 4 amide bonds. The van der Waals surface area contributed by atoms with Crippen molar-refractivity contribution in [3.05, 3.63) is 78.1 Å². The zero-order valence-electron chi connectivity index (χ0n) is 28.3. The molecule has 5 atom stereocenters. The number of aromatic nitrogens is 3. The number of benzene rings is 1. The van der Waals surface area contributed by atoms with Crippen LogP contribution in [0.3, 0.4) is 0 Å². The van der Waals surface area contributed by atoms with Crippen molar-refractivity contribution in [1.82, 2.24) is 35.8 Å². The molecule has 1 saturated carbocycles. The number of rotatable bonds is 14. The number of likely N-dealkylation sites (N-methyl/N-ethyl adjacent to an activating group) is 1. The van der Waals surface area contributed by atoms with Gasteiger partial charge in [-0.1, -0.05) is 50.3 Å². The van der Waals surface area contributed by atoms with Gasteiger partial charge in [-0.2, -0.15) is 0 Å². The van der Waals surface area contributed by atoms with Crippen molar-refractivity contribution in [2.24, 2.45) is 17.6 Å². The van der Waals surface area contributed by atoms with Crippen molar-refractivity contribution in [3.63, 3.8) is 0 Å². The van der Waals surface area contributed by atoms with E-state index >= 15 is 0 Å². The van der Waals surface area contributed by atoms with Crippen LogP contribution in [0.5, 0.6) is 5.75 Å². The number of carbonyl (C=O) groups excluding carboxylic acids is 4. The highest BCUT2D eigenvalue weighted by Crippen LogP contribution is 2.38. The Morgan fingerprint density at radius 3 is 2.43 bits per heavy atom. The zero-order valence-corrected chi connectivity index (χ0v) is 28.3. The molecule has 2 aliphatic rings. The topological polar surface area (TPSA) is 184 Å². The number of pyridine rings is 1. The van der Waals surface area contributed by atoms with E-state index in [2.05, 4.69) is 30.9 Å². The number of ether oxygens (including phenoxy) is 1. The summed E-state index contributed by atoms with van der Waals surface area (Å²) in [6.07, 6.45) is 12.9. The van der Waals surface area contributed by atoms with Crippen LogP contribution in [0.2, 0.25) is 0 Å². The average molecular weight is 673 g/mol. The van der Waals surface area contributed by atoms with Gasteiger partial charge < -0.3 is 36.3 Å². The number of nitrogens with zero attached hydrogens (tertiary/aromatic N) is 3. The first-order valence-corrected chi connectivity index (χ1v) is 17.1. The van der Waals surface area contributed by atoms with Gasteiger partial charge >= 0.3 is 0 Å². The molecule has 13 nitrogen and oxygen atoms in total. The first-order chi connectivity index (χ1) is 23.8. The minimum absolute atomic E-state index is 0.111. The van der Waals surface area contributed by atoms with Crippen LogP contribution in [0, 0.1) is 11.8 Å². The van der Waals surface area contributed by atoms with Gasteiger partial charge in [-0.15, -0.1) is 0 Å². The first kappa shape index (κ1) is 35.5. The maximum atomic E-state index is 14.4. The number of nitrogens with two attached hydrogens (primary N) is 1. The van der Waals surface area contributed by atoms with Crippen molar-refractivity contribution in [3.8, 4) is 5.75 Å². The lowest BCUT2D eigenvalue weighted by atomic mass is 9.79. The van der Waals surface area contributed by atoms with Crippen LogP contribution in [-0.4, -0.2) is 82.3 Å². The number of H-pyrrole nitrogens is 1. The van der Waals surface area contributed by atoms with Crippen LogP contribution < -0.4 is 26.4 Å². The number of amides is 4. The number of imidazole rings is 1. The highest BCUT2D eigenvalue weighted by Gasteiger charge is 2.44. The van der Waals surface area contributed by atoms with Gasteiger partial charge in [-0.3, -0.25) is 24.2 Å². The van der Waals surface area contributed by atoms with E-state index in [1.165, 1.54) is 26.9 Å². The monoisotopic (exact) mass is 672 g/mol. The van der Waals surface area contributed by atoms with Gasteiger partial charge in [-0.25, -0.2) is 4.98 Å². The molecule has 3 heterocycles. The summed E-state index contributed by atoms with van der Waals surface area (Å²) in [6, 6.07) is 7.57. The molecule has 0 unspecified atom stereocenters. The van der Waals surface area contributed by atoms with Crippen LogP contribution >= 0.6 is 0 Å². The molecule has 1 aliphatic carbocycles. The van der Waals surface area contributed by atoms with Gasteiger partial charge in [0.1, 0.15) is 17.8 Å². The molecule has 13 heteroatoms. The molecule has 3 aromatic rings. The third kappa shape index (κ3) is 9.23. The summed E-state index contributed by atoms with van der Waals surface area (Å²) in [5.74, 6) is -0.312. The smallest absolute Gasteiger partial charge is 0.243 e. The highest BCUT2D eigenvalue weighted by molar-refractivity contribution is 5.93. The quantitative estimate of drug-likeness (QED) is 0.173. The molecule has 1 aromatic carbocycles. The first-order valence-electron chi connectivity index (χ1n) is 17.1. The standard InChI is InChI=1S/C36H48N8O5/c1-38-35(47)30(16-23-12-14-39-15-13-23)43-36(48)31-17-25(24-8-4-3-5-9-24)21-44(31)33(45)19-29(27-10-6-7-11-32(27)49-2)42-34(46)28(37)18-26-20-40-22-41-26/h6-7,10-15,20,22,24-25,28-31H,3-5,8-9,16-19,21,37H2,1-2H3,(H,38,47)(H,40,41)(H,42,46)(H,43,48)/t25-,28+,29+,30+,31+/m1/s1. The normalized spacial score (nSPS) is 19.8. The molecule has 0 radical (unpaired) electrons. The molecule has 0 bridgehead atoms. The minimum atomic E-state index is -0.893. The number of hydrogen-bond donors (Lipinski definition) is 5. The van der Waals surface area contributed by atoms with E-state index in [-0.39, 0.29) is 42.9 Å². The van der Waals surface area contributed by atoms with Crippen LogP contribution in [-0.2, 0) is 32.0 Å². The van der Waals surface area contributed by atoms with Gasteiger partial charge in [0.25, 0.3) is 0 Å². The van der Waals surface area contributed by atoms with Crippen LogP contribution in [0.4, 0.5) is 0 Å². The van der Waals surface area contributed by atoms with Crippen molar-refractivity contribution in [2.45, 2.75) is 82.0 Å². The van der Waals surface area contributed by atoms with Crippen LogP contribution in [0.1, 0.15) is 67.8 Å². The Labute approximate surface area is 287 Å². The van der Waals surface area contributed by atoms with E-state index in [9.17, 15) is 19.2 Å². The van der Waals surface area contributed by atoms with Crippen molar-refractivity contribution >= 4 is 23.6 Å². The minimum Gasteiger partial charge on any atom is -0.496 e. The van der Waals surface area contributed by atoms with Gasteiger partial charge in [-0.05, 0) is 42.0 Å². The summed E-state index contributed by atoms with van der Waals surface area (Å²) in [4.78, 5) is 67.4. The third-order valence-corrected chi connectivity index (χ3v) is 9.88. The maximum absolute atomic E-state index is 14.4. The Balaban J connectivity index is 1.38. The number of hydrogen-bond acceptors (Lipinski definition) is 8. The van der Waals surface area contributed by atoms with Gasteiger partial charge in [0.2, 0.25) is 23.6 Å². The van der Waals surface area contributed by atoms with Gasteiger partial charge in [0, 0.05) is 56.3 Å². The van der Waals surface area contributed by atoms with E-state index < -0.39 is 30.1 Å². The number of nitrogens with one attached hydrogen (secondary N) is 4. The number of para-hydroxylation sites is 1. The van der Waals surface area contributed by atoms with Gasteiger partial charge in [0.05, 0.1) is 31.9 Å². The summed E-state index contributed by atoms with van der Waals surface area (Å²) in [5.41, 5.74) is 8.47. The highest BCUT2D eigenvalue weighted by atomic mass is 16.5. The number of likely N-dealkylation sites (tertiary alicyclic amines) is 1. The second-order valence-electron chi connectivity index (χ2n) is 13.1. The van der Waals surface area contributed by atoms with Crippen molar-refractivity contribution in [2.75, 3.05) is 20.7 Å². The molecular formula is C36H48N8O5. The summed E-state index contributed by atoms with van der Waals surface area (Å²) in [7, 11) is 3.07. The Hall–Kier alpha value is -4.78. The van der Waals surface area contributed by atoms with E-state index in [1.807, 2.05) is 18.2 Å². The Morgan fingerprint density at radius 2 is 1.73 bits per heavy atom. The van der Waals surface area contributed by atoms with Crippen molar-refractivity contribution in [1.29, 1.82) is 0 Å². The molecule has 0 spiro atoms. The predicted molar refractivity (Wildman–Crippen MR) is 183 cm³/mol. The zero-order chi connectivity index (χ0) is 34.8. The third-order valence-electron chi connectivity index (χ3n) is 9.88. The fourth-order valence-electron chi connectivity index (χ4n) is 7.24. The van der Waals surface area contributed by atoms with Gasteiger partial charge in [0.15, 0.2) is 0 Å². The molecule has 1 aliphatic heterocycles. The summed E-state index contributed by atoms with van der Waals surface area (Å²) in [6.45, 7) is 0.433. The number of aromatic amines is 1. The molecule has 49 heavy (non-hydrogen) atoms. The predicted octanol–water partition coefficient (Wildman–Crippen LogP) is 2.20. The average Bonchev–Trinajstić information content (AvgIpc) is 3.82. The Kier molecular flexibility index (Phi) is 12.4.